The van der Waals surface area contributed by atoms with E-state index in [1.165, 1.54) is 4.90 Å². The molecule has 1 N–H and O–H groups in total. The number of hydrogen-bond acceptors (Lipinski definition) is 4. The third-order valence-electron chi connectivity index (χ3n) is 7.07. The highest BCUT2D eigenvalue weighted by molar-refractivity contribution is 5.79. The minimum Gasteiger partial charge on any atom is -0.366 e. The number of halogens is 3. The zero-order valence-corrected chi connectivity index (χ0v) is 17.7. The van der Waals surface area contributed by atoms with Gasteiger partial charge in [-0.2, -0.15) is 13.2 Å². The van der Waals surface area contributed by atoms with E-state index in [1.807, 2.05) is 12.1 Å². The number of ether oxygens (including phenoxy) is 1. The summed E-state index contributed by atoms with van der Waals surface area (Å²) in [4.78, 5) is 29.4. The normalized spacial score (nSPS) is 28.9. The van der Waals surface area contributed by atoms with Crippen molar-refractivity contribution in [1.29, 1.82) is 0 Å². The standard InChI is InChI=1S/C22H27F3N4O3/c23-22(24,25)19-2-1-8-29(19)16-5-3-14(4-6-16)15-10-28(11-15)21(31)27-9-7-18-17(12-27)26-20(30)13-32-18/h3-6,15,17-19H,1-2,7-13H2,(H,26,30)/t17?,18?,19-/m1/s1. The molecule has 4 heterocycles. The highest BCUT2D eigenvalue weighted by Gasteiger charge is 2.46. The van der Waals surface area contributed by atoms with Crippen LogP contribution in [0.25, 0.3) is 0 Å². The second-order valence-corrected chi connectivity index (χ2v) is 9.13. The molecule has 0 spiro atoms. The molecule has 1 aromatic rings. The van der Waals surface area contributed by atoms with Crippen molar-refractivity contribution in [2.45, 2.75) is 49.5 Å². The highest BCUT2D eigenvalue weighted by Crippen LogP contribution is 2.37. The van der Waals surface area contributed by atoms with Gasteiger partial charge in [0.25, 0.3) is 0 Å². The van der Waals surface area contributed by atoms with Crippen LogP contribution in [0.2, 0.25) is 0 Å². The molecule has 174 valence electrons. The zero-order valence-electron chi connectivity index (χ0n) is 17.7. The molecule has 1 aromatic carbocycles. The second kappa shape index (κ2) is 8.13. The number of hydrogen-bond donors (Lipinski definition) is 1. The van der Waals surface area contributed by atoms with Crippen LogP contribution < -0.4 is 10.2 Å². The van der Waals surface area contributed by atoms with Crippen LogP contribution in [-0.2, 0) is 9.53 Å². The monoisotopic (exact) mass is 452 g/mol. The summed E-state index contributed by atoms with van der Waals surface area (Å²) in [5.74, 6) is 0.0312. The van der Waals surface area contributed by atoms with Crippen LogP contribution in [0.4, 0.5) is 23.7 Å². The minimum atomic E-state index is -4.22. The SMILES string of the molecule is O=C1COC2CCN(C(=O)N3CC(c4ccc(N5CCC[C@@H]5C(F)(F)F)cc4)C3)CC2N1. The smallest absolute Gasteiger partial charge is 0.366 e. The first-order valence-corrected chi connectivity index (χ1v) is 11.2. The Morgan fingerprint density at radius 3 is 2.50 bits per heavy atom. The van der Waals surface area contributed by atoms with Crippen molar-refractivity contribution in [2.75, 3.05) is 44.2 Å². The fourth-order valence-electron chi connectivity index (χ4n) is 5.27. The summed E-state index contributed by atoms with van der Waals surface area (Å²) in [5.41, 5.74) is 1.63. The Bertz CT molecular complexity index is 872. The maximum absolute atomic E-state index is 13.2. The molecule has 0 saturated carbocycles. The number of benzene rings is 1. The minimum absolute atomic E-state index is 0.0352. The average molecular weight is 452 g/mol. The predicted molar refractivity (Wildman–Crippen MR) is 110 cm³/mol. The van der Waals surface area contributed by atoms with Gasteiger partial charge in [0.1, 0.15) is 12.6 Å². The van der Waals surface area contributed by atoms with E-state index in [0.717, 1.165) is 5.56 Å². The molecule has 10 heteroatoms. The van der Waals surface area contributed by atoms with Crippen LogP contribution in [0.15, 0.2) is 24.3 Å². The van der Waals surface area contributed by atoms with E-state index in [4.69, 9.17) is 4.74 Å². The molecule has 0 bridgehead atoms. The van der Waals surface area contributed by atoms with E-state index in [9.17, 15) is 22.8 Å². The molecule has 5 rings (SSSR count). The van der Waals surface area contributed by atoms with Crippen molar-refractivity contribution in [3.63, 3.8) is 0 Å². The summed E-state index contributed by atoms with van der Waals surface area (Å²) >= 11 is 0. The van der Waals surface area contributed by atoms with Crippen LogP contribution >= 0.6 is 0 Å². The van der Waals surface area contributed by atoms with E-state index in [2.05, 4.69) is 5.32 Å². The molecule has 4 fully saturated rings. The number of amides is 3. The largest absolute Gasteiger partial charge is 0.408 e. The van der Waals surface area contributed by atoms with Crippen LogP contribution in [0, 0.1) is 0 Å². The Morgan fingerprint density at radius 2 is 1.78 bits per heavy atom. The number of nitrogens with one attached hydrogen (secondary N) is 1. The van der Waals surface area contributed by atoms with Gasteiger partial charge in [0.2, 0.25) is 5.91 Å². The maximum Gasteiger partial charge on any atom is 0.408 e. The number of anilines is 1. The van der Waals surface area contributed by atoms with Gasteiger partial charge >= 0.3 is 12.2 Å². The molecule has 0 radical (unpaired) electrons. The van der Waals surface area contributed by atoms with Gasteiger partial charge in [-0.15, -0.1) is 0 Å². The lowest BCUT2D eigenvalue weighted by Crippen LogP contribution is -2.63. The van der Waals surface area contributed by atoms with Crippen molar-refractivity contribution in [1.82, 2.24) is 15.1 Å². The molecular weight excluding hydrogens is 425 g/mol. The summed E-state index contributed by atoms with van der Waals surface area (Å²) in [7, 11) is 0. The van der Waals surface area contributed by atoms with Gasteiger partial charge in [-0.3, -0.25) is 4.79 Å². The zero-order chi connectivity index (χ0) is 22.5. The van der Waals surface area contributed by atoms with Crippen molar-refractivity contribution >= 4 is 17.6 Å². The first-order chi connectivity index (χ1) is 15.3. The number of likely N-dealkylation sites (tertiary alicyclic amines) is 2. The van der Waals surface area contributed by atoms with Gasteiger partial charge in [-0.05, 0) is 37.0 Å². The molecule has 7 nitrogen and oxygen atoms in total. The molecule has 3 amide bonds. The van der Waals surface area contributed by atoms with E-state index in [0.29, 0.717) is 51.3 Å². The number of morpholine rings is 1. The number of rotatable bonds is 2. The molecule has 4 aliphatic heterocycles. The number of carbonyl (C=O) groups excluding carboxylic acids is 2. The molecule has 0 aliphatic carbocycles. The van der Waals surface area contributed by atoms with Gasteiger partial charge in [0, 0.05) is 44.3 Å². The number of nitrogens with zero attached hydrogens (tertiary/aromatic N) is 3. The fourth-order valence-corrected chi connectivity index (χ4v) is 5.27. The Labute approximate surface area is 184 Å². The number of urea groups is 1. The lowest BCUT2D eigenvalue weighted by atomic mass is 9.91. The fraction of sp³-hybridized carbons (Fsp3) is 0.636. The van der Waals surface area contributed by atoms with E-state index < -0.39 is 12.2 Å². The van der Waals surface area contributed by atoms with Gasteiger partial charge < -0.3 is 24.8 Å². The summed E-state index contributed by atoms with van der Waals surface area (Å²) in [5, 5.41) is 2.90. The van der Waals surface area contributed by atoms with Gasteiger partial charge in [-0.25, -0.2) is 4.79 Å². The lowest BCUT2D eigenvalue weighted by Gasteiger charge is -2.46. The Kier molecular flexibility index (Phi) is 5.43. The summed E-state index contributed by atoms with van der Waals surface area (Å²) < 4.78 is 45.3. The number of alkyl halides is 3. The number of piperidine rings is 1. The predicted octanol–water partition coefficient (Wildman–Crippen LogP) is 2.33. The summed E-state index contributed by atoms with van der Waals surface area (Å²) in [6, 6.07) is 5.68. The third-order valence-corrected chi connectivity index (χ3v) is 7.07. The number of carbonyl (C=O) groups is 2. The van der Waals surface area contributed by atoms with Crippen LogP contribution in [-0.4, -0.2) is 85.4 Å². The quantitative estimate of drug-likeness (QED) is 0.748. The second-order valence-electron chi connectivity index (χ2n) is 9.13. The van der Waals surface area contributed by atoms with Crippen molar-refractivity contribution in [2.24, 2.45) is 0 Å². The first kappa shape index (κ1) is 21.4. The maximum atomic E-state index is 13.2. The molecule has 0 aromatic heterocycles. The van der Waals surface area contributed by atoms with Crippen molar-refractivity contribution < 1.29 is 27.5 Å². The van der Waals surface area contributed by atoms with Crippen LogP contribution in [0.5, 0.6) is 0 Å². The topological polar surface area (TPSA) is 65.1 Å². The number of fused-ring (bicyclic) bond motifs is 1. The Hall–Kier alpha value is -2.49. The molecular formula is C22H27F3N4O3. The first-order valence-electron chi connectivity index (χ1n) is 11.2. The molecule has 4 aliphatic rings. The molecule has 2 unspecified atom stereocenters. The Balaban J connectivity index is 1.15. The highest BCUT2D eigenvalue weighted by atomic mass is 19.4. The van der Waals surface area contributed by atoms with Gasteiger partial charge in [0.05, 0.1) is 12.1 Å². The third kappa shape index (κ3) is 4.00. The van der Waals surface area contributed by atoms with Gasteiger partial charge in [0.15, 0.2) is 0 Å². The summed E-state index contributed by atoms with van der Waals surface area (Å²) in [6.07, 6.45) is -2.87. The molecule has 3 atom stereocenters. The lowest BCUT2D eigenvalue weighted by molar-refractivity contribution is -0.146. The molecule has 4 saturated heterocycles. The van der Waals surface area contributed by atoms with E-state index >= 15 is 0 Å². The van der Waals surface area contributed by atoms with Crippen molar-refractivity contribution in [3.8, 4) is 0 Å². The van der Waals surface area contributed by atoms with Crippen LogP contribution in [0.3, 0.4) is 0 Å². The van der Waals surface area contributed by atoms with Crippen LogP contribution in [0.1, 0.15) is 30.7 Å². The Morgan fingerprint density at radius 1 is 1.03 bits per heavy atom. The van der Waals surface area contributed by atoms with E-state index in [1.54, 1.807) is 21.9 Å². The average Bonchev–Trinajstić information content (AvgIpc) is 3.23. The van der Waals surface area contributed by atoms with Gasteiger partial charge in [-0.1, -0.05) is 12.1 Å². The van der Waals surface area contributed by atoms with E-state index in [-0.39, 0.29) is 43.0 Å². The van der Waals surface area contributed by atoms with Crippen molar-refractivity contribution in [3.05, 3.63) is 29.8 Å². The summed E-state index contributed by atoms with van der Waals surface area (Å²) in [6.45, 7) is 2.71. The molecule has 32 heavy (non-hydrogen) atoms.